The largest absolute Gasteiger partial charge is 0.342 e. The number of nitrogens with one attached hydrogen (secondary N) is 1. The summed E-state index contributed by atoms with van der Waals surface area (Å²) in [5.74, 6) is -0.434. The Morgan fingerprint density at radius 3 is 2.68 bits per heavy atom. The molecule has 19 heavy (non-hydrogen) atoms. The van der Waals surface area contributed by atoms with Gasteiger partial charge < -0.3 is 10.2 Å². The summed E-state index contributed by atoms with van der Waals surface area (Å²) in [4.78, 5) is 25.4. The molecule has 2 fully saturated rings. The molecule has 2 aliphatic rings. The van der Waals surface area contributed by atoms with Gasteiger partial charge in [0.05, 0.1) is 0 Å². The van der Waals surface area contributed by atoms with E-state index in [1.54, 1.807) is 19.1 Å². The molecule has 1 heterocycles. The first kappa shape index (κ1) is 12.1. The highest BCUT2D eigenvalue weighted by Crippen LogP contribution is 2.35. The summed E-state index contributed by atoms with van der Waals surface area (Å²) in [5, 5.41) is 2.73. The molecule has 1 saturated heterocycles. The molecule has 0 spiro atoms. The number of carbonyl (C=O) groups is 2. The highest BCUT2D eigenvalue weighted by molar-refractivity contribution is 6.06. The van der Waals surface area contributed by atoms with Gasteiger partial charge in [0.2, 0.25) is 11.8 Å². The summed E-state index contributed by atoms with van der Waals surface area (Å²) in [6.45, 7) is 1.63. The van der Waals surface area contributed by atoms with Gasteiger partial charge >= 0.3 is 0 Å². The number of piperazine rings is 1. The Kier molecular flexibility index (Phi) is 2.77. The standard InChI is InChI=1S/C14H15FN2O2/c1-8-2-5-10(6-11(8)15)17-7-12(18)16-13(14(17)19)9-3-4-9/h2,5-6,9,13H,3-4,7H2,1H3,(H,16,18). The number of anilines is 1. The van der Waals surface area contributed by atoms with Gasteiger partial charge in [-0.1, -0.05) is 6.07 Å². The van der Waals surface area contributed by atoms with E-state index in [1.807, 2.05) is 0 Å². The molecule has 5 heteroatoms. The third kappa shape index (κ3) is 2.20. The lowest BCUT2D eigenvalue weighted by Crippen LogP contribution is -2.59. The second-order valence-corrected chi connectivity index (χ2v) is 5.24. The van der Waals surface area contributed by atoms with Crippen LogP contribution < -0.4 is 10.2 Å². The summed E-state index contributed by atoms with van der Waals surface area (Å²) in [6.07, 6.45) is 1.93. The van der Waals surface area contributed by atoms with Crippen molar-refractivity contribution in [3.05, 3.63) is 29.6 Å². The predicted octanol–water partition coefficient (Wildman–Crippen LogP) is 1.38. The molecule has 1 aliphatic heterocycles. The molecule has 1 N–H and O–H groups in total. The number of aryl methyl sites for hydroxylation is 1. The predicted molar refractivity (Wildman–Crippen MR) is 68.1 cm³/mol. The van der Waals surface area contributed by atoms with Crippen LogP contribution in [0.3, 0.4) is 0 Å². The average Bonchev–Trinajstić information content (AvgIpc) is 3.19. The second-order valence-electron chi connectivity index (χ2n) is 5.24. The lowest BCUT2D eigenvalue weighted by Gasteiger charge is -2.32. The van der Waals surface area contributed by atoms with Gasteiger partial charge in [-0.2, -0.15) is 0 Å². The lowest BCUT2D eigenvalue weighted by molar-refractivity contribution is -0.131. The maximum Gasteiger partial charge on any atom is 0.250 e. The van der Waals surface area contributed by atoms with E-state index < -0.39 is 6.04 Å². The SMILES string of the molecule is Cc1ccc(N2CC(=O)NC(C3CC3)C2=O)cc1F. The van der Waals surface area contributed by atoms with Crippen LogP contribution >= 0.6 is 0 Å². The minimum absolute atomic E-state index is 0.0371. The fourth-order valence-corrected chi connectivity index (χ4v) is 2.39. The van der Waals surface area contributed by atoms with Crippen LogP contribution in [0.5, 0.6) is 0 Å². The molecule has 0 radical (unpaired) electrons. The van der Waals surface area contributed by atoms with E-state index in [-0.39, 0.29) is 30.1 Å². The number of benzene rings is 1. The molecule has 3 rings (SSSR count). The van der Waals surface area contributed by atoms with Crippen LogP contribution in [0.25, 0.3) is 0 Å². The van der Waals surface area contributed by atoms with Gasteiger partial charge in [-0.3, -0.25) is 9.59 Å². The van der Waals surface area contributed by atoms with Crippen molar-refractivity contribution in [3.63, 3.8) is 0 Å². The van der Waals surface area contributed by atoms with E-state index in [4.69, 9.17) is 0 Å². The monoisotopic (exact) mass is 262 g/mol. The first-order chi connectivity index (χ1) is 9.06. The topological polar surface area (TPSA) is 49.4 Å². The van der Waals surface area contributed by atoms with Crippen LogP contribution in [-0.4, -0.2) is 24.4 Å². The van der Waals surface area contributed by atoms with Crippen LogP contribution in [-0.2, 0) is 9.59 Å². The highest BCUT2D eigenvalue weighted by atomic mass is 19.1. The van der Waals surface area contributed by atoms with E-state index in [2.05, 4.69) is 5.32 Å². The molecule has 100 valence electrons. The molecule has 2 amide bonds. The van der Waals surface area contributed by atoms with Crippen molar-refractivity contribution in [1.82, 2.24) is 5.32 Å². The zero-order chi connectivity index (χ0) is 13.6. The van der Waals surface area contributed by atoms with E-state index in [9.17, 15) is 14.0 Å². The first-order valence-corrected chi connectivity index (χ1v) is 6.43. The van der Waals surface area contributed by atoms with Crippen LogP contribution in [0.1, 0.15) is 18.4 Å². The van der Waals surface area contributed by atoms with Gasteiger partial charge in [0.1, 0.15) is 18.4 Å². The van der Waals surface area contributed by atoms with Crippen molar-refractivity contribution in [3.8, 4) is 0 Å². The maximum absolute atomic E-state index is 13.6. The van der Waals surface area contributed by atoms with E-state index in [0.29, 0.717) is 11.3 Å². The maximum atomic E-state index is 13.6. The molecule has 1 atom stereocenters. The number of hydrogen-bond donors (Lipinski definition) is 1. The van der Waals surface area contributed by atoms with Crippen molar-refractivity contribution in [2.45, 2.75) is 25.8 Å². The lowest BCUT2D eigenvalue weighted by atomic mass is 10.1. The Morgan fingerprint density at radius 2 is 2.05 bits per heavy atom. The van der Waals surface area contributed by atoms with Gasteiger partial charge in [-0.15, -0.1) is 0 Å². The van der Waals surface area contributed by atoms with Crippen LogP contribution in [0, 0.1) is 18.7 Å². The van der Waals surface area contributed by atoms with Crippen molar-refractivity contribution in [1.29, 1.82) is 0 Å². The summed E-state index contributed by atoms with van der Waals surface area (Å²) in [5.41, 5.74) is 0.977. The summed E-state index contributed by atoms with van der Waals surface area (Å²) in [7, 11) is 0. The van der Waals surface area contributed by atoms with Crippen LogP contribution in [0.4, 0.5) is 10.1 Å². The quantitative estimate of drug-likeness (QED) is 0.875. The van der Waals surface area contributed by atoms with Crippen LogP contribution in [0.15, 0.2) is 18.2 Å². The number of rotatable bonds is 2. The average molecular weight is 262 g/mol. The Hall–Kier alpha value is -1.91. The summed E-state index contributed by atoms with van der Waals surface area (Å²) in [6, 6.07) is 4.18. The summed E-state index contributed by atoms with van der Waals surface area (Å²) >= 11 is 0. The van der Waals surface area contributed by atoms with Gasteiger partial charge in [-0.05, 0) is 43.4 Å². The zero-order valence-corrected chi connectivity index (χ0v) is 10.6. The Balaban J connectivity index is 1.91. The number of nitrogens with zero attached hydrogens (tertiary/aromatic N) is 1. The normalized spacial score (nSPS) is 23.5. The molecule has 1 unspecified atom stereocenters. The number of amides is 2. The van der Waals surface area contributed by atoms with Gasteiger partial charge in [0.15, 0.2) is 0 Å². The number of hydrogen-bond acceptors (Lipinski definition) is 2. The molecule has 1 saturated carbocycles. The minimum atomic E-state index is -0.439. The zero-order valence-electron chi connectivity index (χ0n) is 10.6. The second kappa shape index (κ2) is 4.33. The Morgan fingerprint density at radius 1 is 1.32 bits per heavy atom. The Labute approximate surface area is 110 Å². The van der Waals surface area contributed by atoms with Crippen LogP contribution in [0.2, 0.25) is 0 Å². The molecular weight excluding hydrogens is 247 g/mol. The summed E-state index contributed by atoms with van der Waals surface area (Å²) < 4.78 is 13.6. The third-order valence-corrected chi connectivity index (χ3v) is 3.71. The van der Waals surface area contributed by atoms with E-state index in [1.165, 1.54) is 11.0 Å². The molecule has 0 aromatic heterocycles. The molecule has 1 aromatic carbocycles. The molecular formula is C14H15FN2O2. The minimum Gasteiger partial charge on any atom is -0.342 e. The van der Waals surface area contributed by atoms with E-state index >= 15 is 0 Å². The fraction of sp³-hybridized carbons (Fsp3) is 0.429. The fourth-order valence-electron chi connectivity index (χ4n) is 2.39. The van der Waals surface area contributed by atoms with Crippen molar-refractivity contribution in [2.75, 3.05) is 11.4 Å². The molecule has 1 aromatic rings. The van der Waals surface area contributed by atoms with Gasteiger partial charge in [0.25, 0.3) is 0 Å². The smallest absolute Gasteiger partial charge is 0.250 e. The van der Waals surface area contributed by atoms with Crippen molar-refractivity contribution in [2.24, 2.45) is 5.92 Å². The third-order valence-electron chi connectivity index (χ3n) is 3.71. The number of halogens is 1. The first-order valence-electron chi connectivity index (χ1n) is 6.43. The highest BCUT2D eigenvalue weighted by Gasteiger charge is 2.43. The molecule has 4 nitrogen and oxygen atoms in total. The van der Waals surface area contributed by atoms with Gasteiger partial charge in [-0.25, -0.2) is 4.39 Å². The van der Waals surface area contributed by atoms with E-state index in [0.717, 1.165) is 12.8 Å². The molecule has 1 aliphatic carbocycles. The van der Waals surface area contributed by atoms with Crippen molar-refractivity contribution < 1.29 is 14.0 Å². The number of carbonyl (C=O) groups excluding carboxylic acids is 2. The Bertz CT molecular complexity index is 554. The molecule has 0 bridgehead atoms. The van der Waals surface area contributed by atoms with Gasteiger partial charge in [0, 0.05) is 5.69 Å². The van der Waals surface area contributed by atoms with Crippen molar-refractivity contribution >= 4 is 17.5 Å².